The van der Waals surface area contributed by atoms with Crippen molar-refractivity contribution < 1.29 is 0 Å². The van der Waals surface area contributed by atoms with Crippen molar-refractivity contribution in [3.8, 4) is 11.4 Å². The molecule has 0 saturated heterocycles. The normalized spacial score (nSPS) is 12.3. The Labute approximate surface area is 144 Å². The number of hydrogen-bond donors (Lipinski definition) is 0. The molecule has 0 fully saturated rings. The molecule has 0 aliphatic rings. The summed E-state index contributed by atoms with van der Waals surface area (Å²) in [6, 6.07) is 9.32. The highest BCUT2D eigenvalue weighted by molar-refractivity contribution is 7.15. The van der Waals surface area contributed by atoms with E-state index in [0.29, 0.717) is 20.3 Å². The quantitative estimate of drug-likeness (QED) is 0.551. The number of aryl methyl sites for hydroxylation is 1. The van der Waals surface area contributed by atoms with Gasteiger partial charge < -0.3 is 0 Å². The Morgan fingerprint density at radius 3 is 2.87 bits per heavy atom. The SMILES string of the molecule is Cc1ccsc1/C=c1\sc2nc(-c3cccc(Cl)c3)nn2c1=O. The van der Waals surface area contributed by atoms with Crippen molar-refractivity contribution in [3.05, 3.63) is 66.1 Å². The van der Waals surface area contributed by atoms with Crippen molar-refractivity contribution in [1.29, 1.82) is 0 Å². The van der Waals surface area contributed by atoms with E-state index in [-0.39, 0.29) is 5.56 Å². The molecule has 0 bridgehead atoms. The average Bonchev–Trinajstić information content (AvgIpc) is 3.19. The van der Waals surface area contributed by atoms with Gasteiger partial charge in [-0.05, 0) is 42.1 Å². The van der Waals surface area contributed by atoms with E-state index >= 15 is 0 Å². The number of halogens is 1. The van der Waals surface area contributed by atoms with Gasteiger partial charge in [-0.3, -0.25) is 4.79 Å². The van der Waals surface area contributed by atoms with Crippen molar-refractivity contribution >= 4 is 45.3 Å². The van der Waals surface area contributed by atoms with Crippen LogP contribution < -0.4 is 10.1 Å². The fourth-order valence-electron chi connectivity index (χ4n) is 2.23. The molecule has 4 rings (SSSR count). The lowest BCUT2D eigenvalue weighted by molar-refractivity contribution is 0.937. The van der Waals surface area contributed by atoms with Crippen LogP contribution in [0.2, 0.25) is 5.02 Å². The maximum absolute atomic E-state index is 12.5. The molecule has 0 amide bonds. The molecule has 0 aliphatic heterocycles. The number of nitrogens with zero attached hydrogens (tertiary/aromatic N) is 3. The monoisotopic (exact) mass is 359 g/mol. The number of aromatic nitrogens is 3. The van der Waals surface area contributed by atoms with E-state index < -0.39 is 0 Å². The molecule has 0 saturated carbocycles. The van der Waals surface area contributed by atoms with E-state index in [1.54, 1.807) is 23.5 Å². The van der Waals surface area contributed by atoms with Gasteiger partial charge in [-0.25, -0.2) is 0 Å². The van der Waals surface area contributed by atoms with Gasteiger partial charge in [0.25, 0.3) is 5.56 Å². The molecule has 23 heavy (non-hydrogen) atoms. The smallest absolute Gasteiger partial charge is 0.266 e. The molecule has 4 aromatic rings. The fraction of sp³-hybridized carbons (Fsp3) is 0.0625. The molecular formula is C16H10ClN3OS2. The van der Waals surface area contributed by atoms with Crippen molar-refractivity contribution in [2.75, 3.05) is 0 Å². The van der Waals surface area contributed by atoms with Crippen LogP contribution in [0, 0.1) is 6.92 Å². The molecule has 7 heteroatoms. The molecule has 0 atom stereocenters. The first-order valence-corrected chi connectivity index (χ1v) is 8.90. The Morgan fingerprint density at radius 1 is 1.30 bits per heavy atom. The van der Waals surface area contributed by atoms with Crippen LogP contribution in [0.3, 0.4) is 0 Å². The van der Waals surface area contributed by atoms with Crippen molar-refractivity contribution in [2.45, 2.75) is 6.92 Å². The Kier molecular flexibility index (Phi) is 3.52. The second-order valence-corrected chi connectivity index (χ2v) is 7.42. The van der Waals surface area contributed by atoms with Crippen LogP contribution in [0.25, 0.3) is 22.4 Å². The Bertz CT molecular complexity index is 1130. The Hall–Kier alpha value is -2.02. The van der Waals surface area contributed by atoms with Crippen molar-refractivity contribution in [1.82, 2.24) is 14.6 Å². The zero-order chi connectivity index (χ0) is 16.0. The lowest BCUT2D eigenvalue weighted by atomic mass is 10.2. The number of thiophene rings is 1. The Morgan fingerprint density at radius 2 is 2.17 bits per heavy atom. The van der Waals surface area contributed by atoms with Gasteiger partial charge in [0.2, 0.25) is 4.96 Å². The van der Waals surface area contributed by atoms with Gasteiger partial charge in [0.15, 0.2) is 5.82 Å². The van der Waals surface area contributed by atoms with E-state index in [1.165, 1.54) is 15.9 Å². The number of hydrogen-bond acceptors (Lipinski definition) is 5. The predicted octanol–water partition coefficient (Wildman–Crippen LogP) is 3.39. The molecule has 0 N–H and O–H groups in total. The summed E-state index contributed by atoms with van der Waals surface area (Å²) in [5, 5.41) is 6.95. The topological polar surface area (TPSA) is 47.3 Å². The van der Waals surface area contributed by atoms with Crippen molar-refractivity contribution in [2.24, 2.45) is 0 Å². The van der Waals surface area contributed by atoms with Gasteiger partial charge in [0.1, 0.15) is 0 Å². The van der Waals surface area contributed by atoms with Crippen LogP contribution in [0.4, 0.5) is 0 Å². The van der Waals surface area contributed by atoms with Crippen LogP contribution in [0.5, 0.6) is 0 Å². The maximum Gasteiger partial charge on any atom is 0.291 e. The molecule has 4 nitrogen and oxygen atoms in total. The van der Waals surface area contributed by atoms with E-state index in [0.717, 1.165) is 16.0 Å². The van der Waals surface area contributed by atoms with Gasteiger partial charge in [-0.2, -0.15) is 9.50 Å². The van der Waals surface area contributed by atoms with Crippen molar-refractivity contribution in [3.63, 3.8) is 0 Å². The summed E-state index contributed by atoms with van der Waals surface area (Å²) in [7, 11) is 0. The van der Waals surface area contributed by atoms with E-state index in [1.807, 2.05) is 36.6 Å². The van der Waals surface area contributed by atoms with Crippen LogP contribution >= 0.6 is 34.3 Å². The minimum absolute atomic E-state index is 0.140. The third-order valence-electron chi connectivity index (χ3n) is 3.43. The first-order chi connectivity index (χ1) is 11.1. The zero-order valence-corrected chi connectivity index (χ0v) is 14.4. The third-order valence-corrected chi connectivity index (χ3v) is 5.59. The molecule has 0 radical (unpaired) electrons. The van der Waals surface area contributed by atoms with E-state index in [2.05, 4.69) is 10.1 Å². The van der Waals surface area contributed by atoms with E-state index in [9.17, 15) is 4.79 Å². The van der Waals surface area contributed by atoms with Crippen LogP contribution in [-0.2, 0) is 0 Å². The summed E-state index contributed by atoms with van der Waals surface area (Å²) in [5.74, 6) is 0.509. The number of benzene rings is 1. The third kappa shape index (κ3) is 2.59. The summed E-state index contributed by atoms with van der Waals surface area (Å²) in [6.45, 7) is 2.03. The minimum Gasteiger partial charge on any atom is -0.266 e. The molecule has 0 unspecified atom stereocenters. The first-order valence-electron chi connectivity index (χ1n) is 6.83. The number of fused-ring (bicyclic) bond motifs is 1. The molecule has 3 aromatic heterocycles. The Balaban J connectivity index is 1.86. The predicted molar refractivity (Wildman–Crippen MR) is 95.4 cm³/mol. The summed E-state index contributed by atoms with van der Waals surface area (Å²) in [6.07, 6.45) is 1.91. The number of rotatable bonds is 2. The maximum atomic E-state index is 12.5. The number of thiazole rings is 1. The molecule has 3 heterocycles. The average molecular weight is 360 g/mol. The molecule has 1 aromatic carbocycles. The lowest BCUT2D eigenvalue weighted by Gasteiger charge is -1.94. The largest absolute Gasteiger partial charge is 0.291 e. The van der Waals surface area contributed by atoms with Crippen LogP contribution in [0.1, 0.15) is 10.4 Å². The van der Waals surface area contributed by atoms with Crippen LogP contribution in [-0.4, -0.2) is 14.6 Å². The van der Waals surface area contributed by atoms with E-state index in [4.69, 9.17) is 11.6 Å². The molecular weight excluding hydrogens is 350 g/mol. The van der Waals surface area contributed by atoms with Gasteiger partial charge in [0, 0.05) is 15.5 Å². The van der Waals surface area contributed by atoms with Gasteiger partial charge in [0.05, 0.1) is 4.53 Å². The molecule has 0 aliphatic carbocycles. The highest BCUT2D eigenvalue weighted by atomic mass is 35.5. The summed E-state index contributed by atoms with van der Waals surface area (Å²) >= 11 is 8.95. The van der Waals surface area contributed by atoms with Gasteiger partial charge in [-0.15, -0.1) is 16.4 Å². The van der Waals surface area contributed by atoms with Crippen LogP contribution in [0.15, 0.2) is 40.5 Å². The zero-order valence-electron chi connectivity index (χ0n) is 12.0. The summed E-state index contributed by atoms with van der Waals surface area (Å²) in [4.78, 5) is 18.6. The highest BCUT2D eigenvalue weighted by Crippen LogP contribution is 2.20. The fourth-order valence-corrected chi connectivity index (χ4v) is 4.25. The minimum atomic E-state index is -0.140. The highest BCUT2D eigenvalue weighted by Gasteiger charge is 2.12. The first kappa shape index (κ1) is 14.6. The summed E-state index contributed by atoms with van der Waals surface area (Å²) in [5.41, 5.74) is 1.82. The van der Waals surface area contributed by atoms with Gasteiger partial charge >= 0.3 is 0 Å². The second-order valence-electron chi connectivity index (χ2n) is 5.02. The lowest BCUT2D eigenvalue weighted by Crippen LogP contribution is -2.23. The second kappa shape index (κ2) is 5.56. The van der Waals surface area contributed by atoms with Gasteiger partial charge in [-0.1, -0.05) is 35.1 Å². The molecule has 114 valence electrons. The molecule has 0 spiro atoms. The standard InChI is InChI=1S/C16H10ClN3OS2/c1-9-5-6-22-12(9)8-13-15(21)20-16(23-13)18-14(19-20)10-3-2-4-11(17)7-10/h2-8H,1H3/b13-8-. The summed E-state index contributed by atoms with van der Waals surface area (Å²) < 4.78 is 2.00.